The molecule has 0 aliphatic heterocycles. The number of nitrogens with one attached hydrogen (secondary N) is 1. The third-order valence-electron chi connectivity index (χ3n) is 2.46. The van der Waals surface area contributed by atoms with Crippen LogP contribution in [0.3, 0.4) is 0 Å². The number of nitrogens with zero attached hydrogens (tertiary/aromatic N) is 4. The van der Waals surface area contributed by atoms with Crippen molar-refractivity contribution >= 4 is 16.7 Å². The first-order valence-electron chi connectivity index (χ1n) is 5.90. The van der Waals surface area contributed by atoms with Crippen molar-refractivity contribution in [2.75, 3.05) is 11.9 Å². The van der Waals surface area contributed by atoms with Crippen LogP contribution in [0.25, 0.3) is 0 Å². The number of anilines is 1. The smallest absolute Gasteiger partial charge is 0.202 e. The van der Waals surface area contributed by atoms with Crippen molar-refractivity contribution in [1.29, 1.82) is 0 Å². The minimum absolute atomic E-state index is 0.902. The second kappa shape index (κ2) is 6.34. The molecule has 0 fully saturated rings. The molecule has 0 amide bonds. The van der Waals surface area contributed by atoms with Gasteiger partial charge in [0.15, 0.2) is 0 Å². The van der Waals surface area contributed by atoms with Crippen molar-refractivity contribution in [3.05, 3.63) is 24.5 Å². The molecule has 1 N–H and O–H groups in total. The van der Waals surface area contributed by atoms with Gasteiger partial charge in [-0.3, -0.25) is 0 Å². The van der Waals surface area contributed by atoms with Crippen LogP contribution in [0.1, 0.15) is 25.6 Å². The Morgan fingerprint density at radius 2 is 2.35 bits per heavy atom. The number of hydrogen-bond acceptors (Lipinski definition) is 5. The predicted molar refractivity (Wildman–Crippen MR) is 69.2 cm³/mol. The van der Waals surface area contributed by atoms with Crippen molar-refractivity contribution in [2.45, 2.75) is 32.7 Å². The van der Waals surface area contributed by atoms with Crippen LogP contribution in [0.5, 0.6) is 0 Å². The van der Waals surface area contributed by atoms with Gasteiger partial charge in [-0.1, -0.05) is 6.92 Å². The van der Waals surface area contributed by atoms with Gasteiger partial charge >= 0.3 is 0 Å². The number of aromatic nitrogens is 4. The van der Waals surface area contributed by atoms with Gasteiger partial charge in [0.05, 0.1) is 6.33 Å². The molecule has 17 heavy (non-hydrogen) atoms. The van der Waals surface area contributed by atoms with Gasteiger partial charge in [-0.25, -0.2) is 9.97 Å². The minimum atomic E-state index is 0.902. The van der Waals surface area contributed by atoms with E-state index in [2.05, 4.69) is 31.1 Å². The van der Waals surface area contributed by atoms with Gasteiger partial charge in [0.1, 0.15) is 5.82 Å². The first-order chi connectivity index (χ1) is 8.38. The summed E-state index contributed by atoms with van der Waals surface area (Å²) < 4.78 is 6.33. The van der Waals surface area contributed by atoms with Crippen molar-refractivity contribution < 1.29 is 0 Å². The van der Waals surface area contributed by atoms with Crippen LogP contribution in [0.2, 0.25) is 0 Å². The molecular formula is C11H17N5S. The Balaban J connectivity index is 1.60. The maximum absolute atomic E-state index is 4.36. The lowest BCUT2D eigenvalue weighted by Crippen LogP contribution is -2.03. The molecule has 0 saturated carbocycles. The van der Waals surface area contributed by atoms with Gasteiger partial charge < -0.3 is 9.88 Å². The Hall–Kier alpha value is -1.43. The molecule has 0 aromatic carbocycles. The number of rotatable bonds is 7. The molecule has 6 heteroatoms. The third kappa shape index (κ3) is 3.81. The molecular weight excluding hydrogens is 234 g/mol. The van der Waals surface area contributed by atoms with Crippen molar-refractivity contribution in [3.63, 3.8) is 0 Å². The molecule has 2 aromatic rings. The van der Waals surface area contributed by atoms with Crippen LogP contribution in [0.4, 0.5) is 5.13 Å². The van der Waals surface area contributed by atoms with E-state index in [4.69, 9.17) is 0 Å². The van der Waals surface area contributed by atoms with Crippen molar-refractivity contribution in [2.24, 2.45) is 0 Å². The van der Waals surface area contributed by atoms with E-state index in [0.717, 1.165) is 43.3 Å². The van der Waals surface area contributed by atoms with E-state index in [9.17, 15) is 0 Å². The van der Waals surface area contributed by atoms with Gasteiger partial charge in [-0.15, -0.1) is 0 Å². The van der Waals surface area contributed by atoms with Gasteiger partial charge in [-0.05, 0) is 12.8 Å². The van der Waals surface area contributed by atoms with Crippen LogP contribution in [-0.4, -0.2) is 25.5 Å². The number of unbranched alkanes of at least 4 members (excludes halogenated alkanes) is 1. The molecule has 2 aromatic heterocycles. The topological polar surface area (TPSA) is 55.6 Å². The fraction of sp³-hybridized carbons (Fsp3) is 0.545. The Bertz CT molecular complexity index is 423. The zero-order valence-corrected chi connectivity index (χ0v) is 10.8. The van der Waals surface area contributed by atoms with E-state index in [1.165, 1.54) is 11.5 Å². The zero-order chi connectivity index (χ0) is 11.9. The SMILES string of the molecule is CCc1nsc(NCCCCn2ccnc2)n1. The molecule has 0 aliphatic carbocycles. The lowest BCUT2D eigenvalue weighted by Gasteiger charge is -2.03. The number of imidazole rings is 1. The summed E-state index contributed by atoms with van der Waals surface area (Å²) in [7, 11) is 0. The second-order valence-electron chi connectivity index (χ2n) is 3.80. The molecule has 5 nitrogen and oxygen atoms in total. The minimum Gasteiger partial charge on any atom is -0.360 e. The molecule has 0 bridgehead atoms. The molecule has 0 spiro atoms. The highest BCUT2D eigenvalue weighted by Gasteiger charge is 2.00. The standard InChI is InChI=1S/C11H17N5S/c1-2-10-14-11(17-15-10)13-5-3-4-7-16-8-6-12-9-16/h6,8-9H,2-5,7H2,1H3,(H,13,14,15). The molecule has 0 atom stereocenters. The van der Waals surface area contributed by atoms with Gasteiger partial charge in [0.25, 0.3) is 0 Å². The fourth-order valence-electron chi connectivity index (χ4n) is 1.50. The maximum Gasteiger partial charge on any atom is 0.202 e. The Labute approximate surface area is 105 Å². The van der Waals surface area contributed by atoms with Crippen LogP contribution in [-0.2, 0) is 13.0 Å². The van der Waals surface area contributed by atoms with E-state index < -0.39 is 0 Å². The summed E-state index contributed by atoms with van der Waals surface area (Å²) >= 11 is 1.44. The fourth-order valence-corrected chi connectivity index (χ4v) is 2.18. The second-order valence-corrected chi connectivity index (χ2v) is 4.56. The quantitative estimate of drug-likeness (QED) is 0.766. The summed E-state index contributed by atoms with van der Waals surface area (Å²) in [6.45, 7) is 4.04. The lowest BCUT2D eigenvalue weighted by molar-refractivity contribution is 0.621. The number of aryl methyl sites for hydroxylation is 2. The molecule has 92 valence electrons. The van der Waals surface area contributed by atoms with Crippen molar-refractivity contribution in [3.8, 4) is 0 Å². The lowest BCUT2D eigenvalue weighted by atomic mass is 10.3. The summed E-state index contributed by atoms with van der Waals surface area (Å²) in [6.07, 6.45) is 8.82. The van der Waals surface area contributed by atoms with E-state index in [0.29, 0.717) is 0 Å². The van der Waals surface area contributed by atoms with Crippen LogP contribution in [0.15, 0.2) is 18.7 Å². The van der Waals surface area contributed by atoms with Gasteiger partial charge in [0, 0.05) is 43.4 Å². The summed E-state index contributed by atoms with van der Waals surface area (Å²) in [5.41, 5.74) is 0. The van der Waals surface area contributed by atoms with E-state index in [-0.39, 0.29) is 0 Å². The van der Waals surface area contributed by atoms with Gasteiger partial charge in [0.2, 0.25) is 5.13 Å². The molecule has 2 heterocycles. The molecule has 0 aliphatic rings. The Morgan fingerprint density at radius 3 is 3.06 bits per heavy atom. The highest BCUT2D eigenvalue weighted by Crippen LogP contribution is 2.11. The molecule has 0 radical (unpaired) electrons. The molecule has 0 saturated heterocycles. The van der Waals surface area contributed by atoms with Crippen molar-refractivity contribution in [1.82, 2.24) is 18.9 Å². The van der Waals surface area contributed by atoms with E-state index in [1.54, 1.807) is 0 Å². The first kappa shape index (κ1) is 12.0. The van der Waals surface area contributed by atoms with Crippen LogP contribution >= 0.6 is 11.5 Å². The van der Waals surface area contributed by atoms with Crippen LogP contribution < -0.4 is 5.32 Å². The highest BCUT2D eigenvalue weighted by atomic mass is 32.1. The Morgan fingerprint density at radius 1 is 1.41 bits per heavy atom. The largest absolute Gasteiger partial charge is 0.360 e. The first-order valence-corrected chi connectivity index (χ1v) is 6.68. The summed E-state index contributed by atoms with van der Waals surface area (Å²) in [5.74, 6) is 0.927. The summed E-state index contributed by atoms with van der Waals surface area (Å²) in [4.78, 5) is 8.37. The molecule has 2 rings (SSSR count). The third-order valence-corrected chi connectivity index (χ3v) is 3.17. The Kier molecular flexibility index (Phi) is 4.49. The zero-order valence-electron chi connectivity index (χ0n) is 9.96. The monoisotopic (exact) mass is 251 g/mol. The number of hydrogen-bond donors (Lipinski definition) is 1. The van der Waals surface area contributed by atoms with E-state index in [1.807, 2.05) is 18.7 Å². The highest BCUT2D eigenvalue weighted by molar-refractivity contribution is 7.09. The maximum atomic E-state index is 4.36. The van der Waals surface area contributed by atoms with Gasteiger partial charge in [-0.2, -0.15) is 4.37 Å². The predicted octanol–water partition coefficient (Wildman–Crippen LogP) is 2.19. The normalized spacial score (nSPS) is 10.6. The average Bonchev–Trinajstić information content (AvgIpc) is 2.99. The summed E-state index contributed by atoms with van der Waals surface area (Å²) in [5, 5.41) is 4.23. The molecule has 0 unspecified atom stereocenters. The average molecular weight is 251 g/mol. The van der Waals surface area contributed by atoms with Crippen LogP contribution in [0, 0.1) is 0 Å². The summed E-state index contributed by atoms with van der Waals surface area (Å²) in [6, 6.07) is 0. The van der Waals surface area contributed by atoms with E-state index >= 15 is 0 Å².